The maximum absolute atomic E-state index is 12.3. The van der Waals surface area contributed by atoms with Gasteiger partial charge in [-0.3, -0.25) is 9.69 Å². The normalized spacial score (nSPS) is 29.1. The first-order valence-electron chi connectivity index (χ1n) is 5.83. The molecule has 1 aromatic rings. The lowest BCUT2D eigenvalue weighted by molar-refractivity contribution is -0.150. The number of rotatable bonds is 1. The monoisotopic (exact) mass is 247 g/mol. The van der Waals surface area contributed by atoms with Crippen molar-refractivity contribution in [2.45, 2.75) is 24.6 Å². The third-order valence-electron chi connectivity index (χ3n) is 3.76. The van der Waals surface area contributed by atoms with E-state index in [9.17, 15) is 14.7 Å². The average Bonchev–Trinajstić information content (AvgIpc) is 2.85. The summed E-state index contributed by atoms with van der Waals surface area (Å²) in [5, 5.41) is 10.7. The zero-order chi connectivity index (χ0) is 12.9. The van der Waals surface area contributed by atoms with Crippen molar-refractivity contribution in [3.8, 4) is 0 Å². The quantitative estimate of drug-likeness (QED) is 0.739. The molecule has 1 aromatic carbocycles. The van der Waals surface area contributed by atoms with E-state index < -0.39 is 17.7 Å². The minimum absolute atomic E-state index is 0.305. The summed E-state index contributed by atoms with van der Waals surface area (Å²) in [4.78, 5) is 25.2. The second-order valence-corrected chi connectivity index (χ2v) is 4.61. The van der Waals surface area contributed by atoms with E-state index in [4.69, 9.17) is 4.74 Å². The zero-order valence-corrected chi connectivity index (χ0v) is 9.92. The summed E-state index contributed by atoms with van der Waals surface area (Å²) >= 11 is 0. The van der Waals surface area contributed by atoms with Crippen LogP contribution in [0.1, 0.15) is 28.8 Å². The van der Waals surface area contributed by atoms with Gasteiger partial charge in [0, 0.05) is 17.5 Å². The van der Waals surface area contributed by atoms with Crippen LogP contribution in [0.25, 0.3) is 0 Å². The smallest absolute Gasteiger partial charge is 0.328 e. The molecule has 1 amide bonds. The van der Waals surface area contributed by atoms with Crippen molar-refractivity contribution in [1.82, 2.24) is 4.90 Å². The molecule has 0 bridgehead atoms. The van der Waals surface area contributed by atoms with E-state index in [0.717, 1.165) is 0 Å². The molecule has 0 saturated carbocycles. The summed E-state index contributed by atoms with van der Waals surface area (Å²) in [6, 6.07) is 6.23. The number of carbonyl (C=O) groups is 2. The van der Waals surface area contributed by atoms with E-state index in [2.05, 4.69) is 0 Å². The van der Waals surface area contributed by atoms with E-state index in [-0.39, 0.29) is 5.91 Å². The van der Waals surface area contributed by atoms with Crippen LogP contribution in [0.15, 0.2) is 24.3 Å². The first-order valence-corrected chi connectivity index (χ1v) is 5.83. The molecule has 2 atom stereocenters. The van der Waals surface area contributed by atoms with Crippen molar-refractivity contribution >= 4 is 11.9 Å². The predicted molar refractivity (Wildman–Crippen MR) is 61.5 cm³/mol. The summed E-state index contributed by atoms with van der Waals surface area (Å²) in [7, 11) is 1.29. The van der Waals surface area contributed by atoms with Crippen LogP contribution in [0.2, 0.25) is 0 Å². The van der Waals surface area contributed by atoms with E-state index in [1.54, 1.807) is 24.3 Å². The molecule has 2 aliphatic heterocycles. The number of aliphatic hydroxyl groups is 1. The molecule has 5 nitrogen and oxygen atoms in total. The summed E-state index contributed by atoms with van der Waals surface area (Å²) in [5.41, 5.74) is -0.304. The van der Waals surface area contributed by atoms with Gasteiger partial charge in [-0.1, -0.05) is 18.2 Å². The molecule has 3 rings (SSSR count). The number of carbonyl (C=O) groups excluding carboxylic acids is 2. The number of hydrogen-bond acceptors (Lipinski definition) is 4. The fourth-order valence-corrected chi connectivity index (χ4v) is 2.93. The van der Waals surface area contributed by atoms with E-state index in [1.165, 1.54) is 12.0 Å². The Kier molecular flexibility index (Phi) is 2.22. The van der Waals surface area contributed by atoms with E-state index >= 15 is 0 Å². The van der Waals surface area contributed by atoms with Crippen LogP contribution in [-0.2, 0) is 15.3 Å². The number of ether oxygens (including phenoxy) is 1. The van der Waals surface area contributed by atoms with Gasteiger partial charge < -0.3 is 9.84 Å². The molecule has 94 valence electrons. The predicted octanol–water partition coefficient (Wildman–Crippen LogP) is 0.623. The number of methoxy groups -OCH3 is 1. The lowest BCUT2D eigenvalue weighted by Crippen LogP contribution is -2.46. The molecule has 1 fully saturated rings. The highest BCUT2D eigenvalue weighted by atomic mass is 16.5. The minimum atomic E-state index is -1.35. The Labute approximate surface area is 104 Å². The van der Waals surface area contributed by atoms with Gasteiger partial charge in [0.05, 0.1) is 7.11 Å². The number of esters is 1. The Morgan fingerprint density at radius 1 is 1.50 bits per heavy atom. The molecular formula is C13H13NO4. The van der Waals surface area contributed by atoms with Gasteiger partial charge >= 0.3 is 5.97 Å². The van der Waals surface area contributed by atoms with Gasteiger partial charge in [0.15, 0.2) is 5.72 Å². The van der Waals surface area contributed by atoms with Crippen LogP contribution in [0, 0.1) is 0 Å². The number of hydrogen-bond donors (Lipinski definition) is 1. The van der Waals surface area contributed by atoms with Crippen molar-refractivity contribution in [3.05, 3.63) is 35.4 Å². The summed E-state index contributed by atoms with van der Waals surface area (Å²) in [5.74, 6) is -0.784. The molecule has 0 aromatic heterocycles. The molecule has 2 heterocycles. The summed E-state index contributed by atoms with van der Waals surface area (Å²) < 4.78 is 4.69. The van der Waals surface area contributed by atoms with Gasteiger partial charge in [-0.05, 0) is 12.5 Å². The highest BCUT2D eigenvalue weighted by molar-refractivity contribution is 6.02. The topological polar surface area (TPSA) is 66.8 Å². The van der Waals surface area contributed by atoms with Crippen molar-refractivity contribution in [3.63, 3.8) is 0 Å². The van der Waals surface area contributed by atoms with Gasteiger partial charge in [0.2, 0.25) is 0 Å². The van der Waals surface area contributed by atoms with Gasteiger partial charge in [-0.25, -0.2) is 4.79 Å². The fraction of sp³-hybridized carbons (Fsp3) is 0.385. The SMILES string of the molecule is COC(=O)[C@@H]1CC[C@@]2(O)c3ccccc3C(=O)N12. The molecule has 18 heavy (non-hydrogen) atoms. The molecule has 0 spiro atoms. The Bertz CT molecular complexity index is 542. The maximum atomic E-state index is 12.3. The summed E-state index contributed by atoms with van der Waals surface area (Å²) in [6.07, 6.45) is 0.777. The first kappa shape index (κ1) is 11.2. The average molecular weight is 247 g/mol. The van der Waals surface area contributed by atoms with Crippen molar-refractivity contribution in [2.24, 2.45) is 0 Å². The molecule has 5 heteroatoms. The number of fused-ring (bicyclic) bond motifs is 3. The maximum Gasteiger partial charge on any atom is 0.328 e. The lowest BCUT2D eigenvalue weighted by atomic mass is 9.99. The molecule has 0 radical (unpaired) electrons. The van der Waals surface area contributed by atoms with Crippen LogP contribution >= 0.6 is 0 Å². The highest BCUT2D eigenvalue weighted by Gasteiger charge is 2.57. The standard InChI is InChI=1S/C13H13NO4/c1-18-12(16)10-6-7-13(17)9-5-3-2-4-8(9)11(15)14(10)13/h2-5,10,17H,6-7H2,1H3/t10-,13+/m0/s1. The summed E-state index contributed by atoms with van der Waals surface area (Å²) in [6.45, 7) is 0. The Balaban J connectivity index is 2.10. The largest absolute Gasteiger partial charge is 0.467 e. The number of amides is 1. The van der Waals surface area contributed by atoms with Crippen LogP contribution in [-0.4, -0.2) is 35.0 Å². The number of benzene rings is 1. The van der Waals surface area contributed by atoms with Crippen molar-refractivity contribution in [1.29, 1.82) is 0 Å². The molecule has 0 unspecified atom stereocenters. The second kappa shape index (κ2) is 3.55. The Hall–Kier alpha value is -1.88. The van der Waals surface area contributed by atoms with Gasteiger partial charge in [-0.15, -0.1) is 0 Å². The third kappa shape index (κ3) is 1.19. The number of nitrogens with zero attached hydrogens (tertiary/aromatic N) is 1. The first-order chi connectivity index (χ1) is 8.59. The Morgan fingerprint density at radius 2 is 2.22 bits per heavy atom. The molecule has 1 saturated heterocycles. The zero-order valence-electron chi connectivity index (χ0n) is 9.92. The van der Waals surface area contributed by atoms with Gasteiger partial charge in [0.1, 0.15) is 6.04 Å². The van der Waals surface area contributed by atoms with Crippen LogP contribution in [0.3, 0.4) is 0 Å². The fourth-order valence-electron chi connectivity index (χ4n) is 2.93. The van der Waals surface area contributed by atoms with Gasteiger partial charge in [0.25, 0.3) is 5.91 Å². The van der Waals surface area contributed by atoms with Crippen LogP contribution < -0.4 is 0 Å². The lowest BCUT2D eigenvalue weighted by Gasteiger charge is -2.29. The molecular weight excluding hydrogens is 234 g/mol. The van der Waals surface area contributed by atoms with Gasteiger partial charge in [-0.2, -0.15) is 0 Å². The van der Waals surface area contributed by atoms with Crippen LogP contribution in [0.5, 0.6) is 0 Å². The molecule has 0 aliphatic carbocycles. The second-order valence-electron chi connectivity index (χ2n) is 4.61. The van der Waals surface area contributed by atoms with Crippen molar-refractivity contribution in [2.75, 3.05) is 7.11 Å². The minimum Gasteiger partial charge on any atom is -0.467 e. The molecule has 2 aliphatic rings. The van der Waals surface area contributed by atoms with Crippen molar-refractivity contribution < 1.29 is 19.4 Å². The van der Waals surface area contributed by atoms with E-state index in [1.807, 2.05) is 0 Å². The Morgan fingerprint density at radius 3 is 2.94 bits per heavy atom. The molecule has 1 N–H and O–H groups in total. The van der Waals surface area contributed by atoms with E-state index in [0.29, 0.717) is 24.0 Å². The van der Waals surface area contributed by atoms with Crippen LogP contribution in [0.4, 0.5) is 0 Å². The highest BCUT2D eigenvalue weighted by Crippen LogP contribution is 2.47. The third-order valence-corrected chi connectivity index (χ3v) is 3.76.